The summed E-state index contributed by atoms with van der Waals surface area (Å²) in [5.74, 6) is -1.05. The van der Waals surface area contributed by atoms with Crippen LogP contribution in [0.2, 0.25) is 0 Å². The molecule has 21 heavy (non-hydrogen) atoms. The number of benzene rings is 1. The second-order valence-corrected chi connectivity index (χ2v) is 5.15. The molecule has 1 fully saturated rings. The topological polar surface area (TPSA) is 38.9 Å². The molecule has 1 aliphatic carbocycles. The lowest BCUT2D eigenvalue weighted by Crippen LogP contribution is -2.09. The van der Waals surface area contributed by atoms with Gasteiger partial charge in [0.1, 0.15) is 5.82 Å². The number of hydrogen-bond acceptors (Lipinski definition) is 2. The van der Waals surface area contributed by atoms with E-state index in [2.05, 4.69) is 4.98 Å². The van der Waals surface area contributed by atoms with E-state index in [0.717, 1.165) is 18.1 Å². The summed E-state index contributed by atoms with van der Waals surface area (Å²) in [6, 6.07) is 6.56. The van der Waals surface area contributed by atoms with Crippen LogP contribution in [0.3, 0.4) is 0 Å². The first-order chi connectivity index (χ1) is 9.88. The van der Waals surface area contributed by atoms with E-state index < -0.39 is 17.6 Å². The Balaban J connectivity index is 1.97. The summed E-state index contributed by atoms with van der Waals surface area (Å²) in [5.41, 5.74) is 5.40. The molecular formula is C15H12F4N2. The van der Waals surface area contributed by atoms with Crippen LogP contribution in [0, 0.1) is 5.82 Å². The molecule has 0 amide bonds. The maximum atomic E-state index is 14.0. The van der Waals surface area contributed by atoms with E-state index in [1.165, 1.54) is 18.2 Å². The predicted molar refractivity (Wildman–Crippen MR) is 70.0 cm³/mol. The number of nitrogens with zero attached hydrogens (tertiary/aromatic N) is 1. The molecule has 2 atom stereocenters. The summed E-state index contributed by atoms with van der Waals surface area (Å²) < 4.78 is 52.1. The van der Waals surface area contributed by atoms with E-state index in [1.54, 1.807) is 12.3 Å². The average molecular weight is 296 g/mol. The number of halogens is 4. The number of nitrogens with two attached hydrogens (primary N) is 1. The third kappa shape index (κ3) is 2.63. The third-order valence-electron chi connectivity index (χ3n) is 3.63. The molecule has 1 saturated carbocycles. The molecule has 2 nitrogen and oxygen atoms in total. The van der Waals surface area contributed by atoms with Gasteiger partial charge in [0.25, 0.3) is 0 Å². The van der Waals surface area contributed by atoms with Crippen molar-refractivity contribution in [3.63, 3.8) is 0 Å². The number of alkyl halides is 3. The normalized spacial score (nSPS) is 21.4. The Labute approximate surface area is 118 Å². The lowest BCUT2D eigenvalue weighted by atomic mass is 10.0. The molecule has 0 bridgehead atoms. The van der Waals surface area contributed by atoms with Crippen LogP contribution in [0.25, 0.3) is 11.3 Å². The van der Waals surface area contributed by atoms with Crippen molar-refractivity contribution in [1.82, 2.24) is 4.98 Å². The van der Waals surface area contributed by atoms with E-state index in [1.807, 2.05) is 0 Å². The SMILES string of the molecule is NC1CC1c1ccc(-c2cccc(C(F)(F)F)c2F)nc1. The van der Waals surface area contributed by atoms with Crippen LogP contribution in [0.4, 0.5) is 17.6 Å². The molecule has 1 aromatic heterocycles. The highest BCUT2D eigenvalue weighted by molar-refractivity contribution is 5.61. The number of hydrogen-bond donors (Lipinski definition) is 1. The van der Waals surface area contributed by atoms with E-state index in [9.17, 15) is 17.6 Å². The molecule has 0 radical (unpaired) electrons. The van der Waals surface area contributed by atoms with Crippen LogP contribution in [0.5, 0.6) is 0 Å². The first-order valence-electron chi connectivity index (χ1n) is 6.45. The largest absolute Gasteiger partial charge is 0.419 e. The molecule has 1 aliphatic rings. The number of rotatable bonds is 2. The highest BCUT2D eigenvalue weighted by Crippen LogP contribution is 2.39. The zero-order valence-electron chi connectivity index (χ0n) is 10.9. The van der Waals surface area contributed by atoms with Gasteiger partial charge >= 0.3 is 6.18 Å². The molecule has 2 N–H and O–H groups in total. The Morgan fingerprint density at radius 1 is 1.14 bits per heavy atom. The lowest BCUT2D eigenvalue weighted by molar-refractivity contribution is -0.139. The van der Waals surface area contributed by atoms with Crippen LogP contribution in [0.1, 0.15) is 23.5 Å². The molecule has 3 rings (SSSR count). The molecule has 0 saturated heterocycles. The van der Waals surface area contributed by atoms with Crippen molar-refractivity contribution in [2.75, 3.05) is 0 Å². The van der Waals surface area contributed by atoms with E-state index in [-0.39, 0.29) is 23.2 Å². The molecule has 110 valence electrons. The molecular weight excluding hydrogens is 284 g/mol. The summed E-state index contributed by atoms with van der Waals surface area (Å²) in [5, 5.41) is 0. The van der Waals surface area contributed by atoms with Crippen molar-refractivity contribution in [2.45, 2.75) is 24.6 Å². The smallest absolute Gasteiger partial charge is 0.327 e. The fourth-order valence-electron chi connectivity index (χ4n) is 2.33. The molecule has 0 aliphatic heterocycles. The Kier molecular flexibility index (Phi) is 3.20. The van der Waals surface area contributed by atoms with Gasteiger partial charge in [-0.2, -0.15) is 13.2 Å². The van der Waals surface area contributed by atoms with Gasteiger partial charge in [-0.25, -0.2) is 4.39 Å². The first kappa shape index (κ1) is 14.0. The minimum atomic E-state index is -4.72. The van der Waals surface area contributed by atoms with Crippen LogP contribution in [-0.2, 0) is 6.18 Å². The van der Waals surface area contributed by atoms with Gasteiger partial charge < -0.3 is 5.73 Å². The Hall–Kier alpha value is -1.95. The van der Waals surface area contributed by atoms with Crippen molar-refractivity contribution in [3.8, 4) is 11.3 Å². The maximum Gasteiger partial charge on any atom is 0.419 e. The van der Waals surface area contributed by atoms with Gasteiger partial charge in [-0.1, -0.05) is 12.1 Å². The second-order valence-electron chi connectivity index (χ2n) is 5.15. The van der Waals surface area contributed by atoms with E-state index in [4.69, 9.17) is 5.73 Å². The molecule has 2 aromatic rings. The minimum Gasteiger partial charge on any atom is -0.327 e. The molecule has 1 heterocycles. The summed E-state index contributed by atoms with van der Waals surface area (Å²) in [4.78, 5) is 4.07. The summed E-state index contributed by atoms with van der Waals surface area (Å²) in [7, 11) is 0. The first-order valence-corrected chi connectivity index (χ1v) is 6.45. The predicted octanol–water partition coefficient (Wildman–Crippen LogP) is 3.72. The third-order valence-corrected chi connectivity index (χ3v) is 3.63. The summed E-state index contributed by atoms with van der Waals surface area (Å²) in [6.45, 7) is 0. The monoisotopic (exact) mass is 296 g/mol. The van der Waals surface area contributed by atoms with Crippen molar-refractivity contribution in [3.05, 3.63) is 53.5 Å². The Bertz CT molecular complexity index is 664. The Morgan fingerprint density at radius 3 is 2.38 bits per heavy atom. The van der Waals surface area contributed by atoms with Crippen molar-refractivity contribution < 1.29 is 17.6 Å². The van der Waals surface area contributed by atoms with Crippen LogP contribution >= 0.6 is 0 Å². The number of pyridine rings is 1. The van der Waals surface area contributed by atoms with Crippen molar-refractivity contribution >= 4 is 0 Å². The molecule has 6 heteroatoms. The van der Waals surface area contributed by atoms with Crippen LogP contribution in [0.15, 0.2) is 36.5 Å². The molecule has 1 aromatic carbocycles. The van der Waals surface area contributed by atoms with E-state index in [0.29, 0.717) is 0 Å². The van der Waals surface area contributed by atoms with Gasteiger partial charge in [0.15, 0.2) is 0 Å². The van der Waals surface area contributed by atoms with E-state index >= 15 is 0 Å². The van der Waals surface area contributed by atoms with Crippen LogP contribution < -0.4 is 5.73 Å². The standard InChI is InChI=1S/C15H12F4N2/c16-14-9(2-1-3-11(14)15(17,18)19)13-5-4-8(7-21-13)10-6-12(10)20/h1-5,7,10,12H,6,20H2. The van der Waals surface area contributed by atoms with Gasteiger partial charge in [0, 0.05) is 23.7 Å². The quantitative estimate of drug-likeness (QED) is 0.858. The fourth-order valence-corrected chi connectivity index (χ4v) is 2.33. The lowest BCUT2D eigenvalue weighted by Gasteiger charge is -2.11. The second kappa shape index (κ2) is 4.80. The highest BCUT2D eigenvalue weighted by Gasteiger charge is 2.36. The van der Waals surface area contributed by atoms with Gasteiger partial charge in [-0.15, -0.1) is 0 Å². The zero-order chi connectivity index (χ0) is 15.2. The molecule has 2 unspecified atom stereocenters. The van der Waals surface area contributed by atoms with Crippen molar-refractivity contribution in [1.29, 1.82) is 0 Å². The van der Waals surface area contributed by atoms with Crippen LogP contribution in [-0.4, -0.2) is 11.0 Å². The van der Waals surface area contributed by atoms with Crippen molar-refractivity contribution in [2.24, 2.45) is 5.73 Å². The summed E-state index contributed by atoms with van der Waals surface area (Å²) in [6.07, 6.45) is -2.30. The molecule has 0 spiro atoms. The van der Waals surface area contributed by atoms with Gasteiger partial charge in [0.2, 0.25) is 0 Å². The maximum absolute atomic E-state index is 14.0. The van der Waals surface area contributed by atoms with Gasteiger partial charge in [0.05, 0.1) is 11.3 Å². The fraction of sp³-hybridized carbons (Fsp3) is 0.267. The highest BCUT2D eigenvalue weighted by atomic mass is 19.4. The average Bonchev–Trinajstić information content (AvgIpc) is 3.15. The zero-order valence-corrected chi connectivity index (χ0v) is 10.9. The minimum absolute atomic E-state index is 0.114. The van der Waals surface area contributed by atoms with Gasteiger partial charge in [-0.3, -0.25) is 4.98 Å². The van der Waals surface area contributed by atoms with Gasteiger partial charge in [-0.05, 0) is 30.2 Å². The number of aromatic nitrogens is 1. The Morgan fingerprint density at radius 2 is 1.86 bits per heavy atom. The summed E-state index contributed by atoms with van der Waals surface area (Å²) >= 11 is 0.